The number of hydrogen-bond acceptors (Lipinski definition) is 4. The zero-order valence-corrected chi connectivity index (χ0v) is 9.85. The molecule has 0 bridgehead atoms. The van der Waals surface area contributed by atoms with Crippen molar-refractivity contribution in [2.75, 3.05) is 11.9 Å². The lowest BCUT2D eigenvalue weighted by molar-refractivity contribution is -0.134. The van der Waals surface area contributed by atoms with Gasteiger partial charge in [-0.2, -0.15) is 0 Å². The molecular weight excluding hydrogens is 220 g/mol. The molecule has 0 radical (unpaired) electrons. The number of carbonyl (C=O) groups is 2. The maximum atomic E-state index is 11.5. The number of ketones is 1. The van der Waals surface area contributed by atoms with E-state index in [2.05, 4.69) is 4.98 Å². The molecule has 2 aromatic rings. The van der Waals surface area contributed by atoms with Gasteiger partial charge in [0.1, 0.15) is 5.52 Å². The Morgan fingerprint density at radius 3 is 2.71 bits per heavy atom. The SMILES string of the molecule is CC(=O)C(=O)N(C)c1ccc2nc(C)oc2c1. The van der Waals surface area contributed by atoms with Crippen molar-refractivity contribution in [3.63, 3.8) is 0 Å². The average molecular weight is 232 g/mol. The first kappa shape index (κ1) is 11.3. The molecule has 0 saturated carbocycles. The van der Waals surface area contributed by atoms with Gasteiger partial charge in [-0.05, 0) is 12.1 Å². The molecular formula is C12H12N2O3. The van der Waals surface area contributed by atoms with E-state index in [1.54, 1.807) is 32.2 Å². The normalized spacial score (nSPS) is 10.5. The average Bonchev–Trinajstić information content (AvgIpc) is 2.65. The molecule has 0 N–H and O–H groups in total. The predicted octanol–water partition coefficient (Wildman–Crippen LogP) is 1.69. The summed E-state index contributed by atoms with van der Waals surface area (Å²) in [6.07, 6.45) is 0. The first-order valence-corrected chi connectivity index (χ1v) is 5.15. The summed E-state index contributed by atoms with van der Waals surface area (Å²) in [5, 5.41) is 0. The second-order valence-corrected chi connectivity index (χ2v) is 3.81. The van der Waals surface area contributed by atoms with Gasteiger partial charge in [0.05, 0.1) is 0 Å². The Labute approximate surface area is 98.0 Å². The van der Waals surface area contributed by atoms with E-state index in [1.807, 2.05) is 0 Å². The lowest BCUT2D eigenvalue weighted by Gasteiger charge is -2.14. The van der Waals surface area contributed by atoms with Crippen LogP contribution in [-0.4, -0.2) is 23.7 Å². The highest BCUT2D eigenvalue weighted by atomic mass is 16.3. The number of rotatable bonds is 2. The Morgan fingerprint density at radius 1 is 1.35 bits per heavy atom. The van der Waals surface area contributed by atoms with Gasteiger partial charge in [0, 0.05) is 32.6 Å². The van der Waals surface area contributed by atoms with Crippen molar-refractivity contribution in [3.05, 3.63) is 24.1 Å². The summed E-state index contributed by atoms with van der Waals surface area (Å²) >= 11 is 0. The number of amides is 1. The minimum absolute atomic E-state index is 0.499. The highest BCUT2D eigenvalue weighted by molar-refractivity contribution is 6.40. The smallest absolute Gasteiger partial charge is 0.293 e. The number of benzene rings is 1. The van der Waals surface area contributed by atoms with Gasteiger partial charge in [-0.15, -0.1) is 0 Å². The van der Waals surface area contributed by atoms with E-state index in [4.69, 9.17) is 4.42 Å². The van der Waals surface area contributed by atoms with Crippen molar-refractivity contribution >= 4 is 28.5 Å². The molecule has 1 aromatic carbocycles. The summed E-state index contributed by atoms with van der Waals surface area (Å²) in [6.45, 7) is 3.00. The number of Topliss-reactive ketones (excluding diaryl/α,β-unsaturated/α-hetero) is 1. The molecule has 0 spiro atoms. The highest BCUT2D eigenvalue weighted by Gasteiger charge is 2.16. The number of likely N-dealkylation sites (N-methyl/N-ethyl adjacent to an activating group) is 1. The second-order valence-electron chi connectivity index (χ2n) is 3.81. The molecule has 0 aliphatic rings. The van der Waals surface area contributed by atoms with E-state index < -0.39 is 11.7 Å². The van der Waals surface area contributed by atoms with Gasteiger partial charge >= 0.3 is 0 Å². The van der Waals surface area contributed by atoms with Crippen molar-refractivity contribution in [2.45, 2.75) is 13.8 Å². The van der Waals surface area contributed by atoms with Crippen LogP contribution >= 0.6 is 0 Å². The van der Waals surface area contributed by atoms with E-state index in [0.717, 1.165) is 5.52 Å². The van der Waals surface area contributed by atoms with E-state index in [-0.39, 0.29) is 0 Å². The first-order valence-electron chi connectivity index (χ1n) is 5.15. The summed E-state index contributed by atoms with van der Waals surface area (Å²) in [4.78, 5) is 28.0. The molecule has 1 heterocycles. The van der Waals surface area contributed by atoms with Gasteiger partial charge in [0.15, 0.2) is 11.5 Å². The predicted molar refractivity (Wildman–Crippen MR) is 62.8 cm³/mol. The van der Waals surface area contributed by atoms with Gasteiger partial charge < -0.3 is 9.32 Å². The molecule has 17 heavy (non-hydrogen) atoms. The van der Waals surface area contributed by atoms with Crippen LogP contribution in [0.5, 0.6) is 0 Å². The topological polar surface area (TPSA) is 63.4 Å². The molecule has 0 aliphatic carbocycles. The second kappa shape index (κ2) is 4.01. The third kappa shape index (κ3) is 2.04. The molecule has 0 fully saturated rings. The van der Waals surface area contributed by atoms with Crippen LogP contribution in [0.3, 0.4) is 0 Å². The number of anilines is 1. The first-order chi connectivity index (χ1) is 7.99. The van der Waals surface area contributed by atoms with Crippen LogP contribution in [0, 0.1) is 6.92 Å². The van der Waals surface area contributed by atoms with Crippen LogP contribution in [-0.2, 0) is 9.59 Å². The number of aromatic nitrogens is 1. The number of carbonyl (C=O) groups excluding carboxylic acids is 2. The molecule has 88 valence electrons. The Balaban J connectivity index is 2.42. The fraction of sp³-hybridized carbons (Fsp3) is 0.250. The highest BCUT2D eigenvalue weighted by Crippen LogP contribution is 2.22. The standard InChI is InChI=1S/C12H12N2O3/c1-7(15)12(16)14(3)9-4-5-10-11(6-9)17-8(2)13-10/h4-6H,1-3H3. The van der Waals surface area contributed by atoms with Crippen LogP contribution in [0.2, 0.25) is 0 Å². The van der Waals surface area contributed by atoms with Gasteiger partial charge in [0.2, 0.25) is 5.78 Å². The molecule has 0 unspecified atom stereocenters. The van der Waals surface area contributed by atoms with Gasteiger partial charge in [0.25, 0.3) is 5.91 Å². The largest absolute Gasteiger partial charge is 0.441 e. The molecule has 5 nitrogen and oxygen atoms in total. The van der Waals surface area contributed by atoms with Crippen molar-refractivity contribution < 1.29 is 14.0 Å². The van der Waals surface area contributed by atoms with E-state index in [9.17, 15) is 9.59 Å². The molecule has 0 saturated heterocycles. The Hall–Kier alpha value is -2.17. The molecule has 0 atom stereocenters. The molecule has 5 heteroatoms. The monoisotopic (exact) mass is 232 g/mol. The summed E-state index contributed by atoms with van der Waals surface area (Å²) in [5.74, 6) is -0.486. The van der Waals surface area contributed by atoms with E-state index >= 15 is 0 Å². The minimum atomic E-state index is -0.555. The Morgan fingerprint density at radius 2 is 2.06 bits per heavy atom. The number of hydrogen-bond donors (Lipinski definition) is 0. The maximum Gasteiger partial charge on any atom is 0.293 e. The van der Waals surface area contributed by atoms with E-state index in [1.165, 1.54) is 11.8 Å². The van der Waals surface area contributed by atoms with Gasteiger partial charge in [-0.3, -0.25) is 9.59 Å². The van der Waals surface area contributed by atoms with E-state index in [0.29, 0.717) is 17.2 Å². The van der Waals surface area contributed by atoms with Crippen LogP contribution < -0.4 is 4.90 Å². The summed E-state index contributed by atoms with van der Waals surface area (Å²) in [5.41, 5.74) is 1.94. The lowest BCUT2D eigenvalue weighted by atomic mass is 10.2. The number of aryl methyl sites for hydroxylation is 1. The zero-order chi connectivity index (χ0) is 12.6. The van der Waals surface area contributed by atoms with Gasteiger partial charge in [-0.1, -0.05) is 0 Å². The molecule has 2 rings (SSSR count). The van der Waals surface area contributed by atoms with Crippen molar-refractivity contribution in [2.24, 2.45) is 0 Å². The molecule has 1 aromatic heterocycles. The lowest BCUT2D eigenvalue weighted by Crippen LogP contribution is -2.31. The fourth-order valence-corrected chi connectivity index (χ4v) is 1.59. The minimum Gasteiger partial charge on any atom is -0.441 e. The van der Waals surface area contributed by atoms with Gasteiger partial charge in [-0.25, -0.2) is 4.98 Å². The Bertz CT molecular complexity index is 601. The number of fused-ring (bicyclic) bond motifs is 1. The fourth-order valence-electron chi connectivity index (χ4n) is 1.59. The van der Waals surface area contributed by atoms with Crippen LogP contribution in [0.25, 0.3) is 11.1 Å². The quantitative estimate of drug-likeness (QED) is 0.739. The van der Waals surface area contributed by atoms with Crippen LogP contribution in [0.4, 0.5) is 5.69 Å². The molecule has 1 amide bonds. The summed E-state index contributed by atoms with van der Waals surface area (Å²) in [6, 6.07) is 5.17. The third-order valence-corrected chi connectivity index (χ3v) is 2.47. The van der Waals surface area contributed by atoms with Crippen LogP contribution in [0.1, 0.15) is 12.8 Å². The number of nitrogens with zero attached hydrogens (tertiary/aromatic N) is 2. The van der Waals surface area contributed by atoms with Crippen molar-refractivity contribution in [3.8, 4) is 0 Å². The molecule has 0 aliphatic heterocycles. The summed E-state index contributed by atoms with van der Waals surface area (Å²) < 4.78 is 5.36. The zero-order valence-electron chi connectivity index (χ0n) is 9.85. The Kier molecular flexibility index (Phi) is 2.67. The number of oxazole rings is 1. The summed E-state index contributed by atoms with van der Waals surface area (Å²) in [7, 11) is 1.55. The van der Waals surface area contributed by atoms with Crippen LogP contribution in [0.15, 0.2) is 22.6 Å². The van der Waals surface area contributed by atoms with Crippen molar-refractivity contribution in [1.29, 1.82) is 0 Å². The third-order valence-electron chi connectivity index (χ3n) is 2.47. The van der Waals surface area contributed by atoms with Crippen molar-refractivity contribution in [1.82, 2.24) is 4.98 Å². The maximum absolute atomic E-state index is 11.5.